The predicted octanol–water partition coefficient (Wildman–Crippen LogP) is 3.30. The van der Waals surface area contributed by atoms with Gasteiger partial charge < -0.3 is 5.73 Å². The Morgan fingerprint density at radius 2 is 2.05 bits per heavy atom. The number of aromatic nitrogens is 2. The first-order chi connectivity index (χ1) is 10.1. The van der Waals surface area contributed by atoms with Gasteiger partial charge in [0.25, 0.3) is 5.69 Å². The summed E-state index contributed by atoms with van der Waals surface area (Å²) in [5.41, 5.74) is 6.78. The summed E-state index contributed by atoms with van der Waals surface area (Å²) in [6, 6.07) is 6.64. The van der Waals surface area contributed by atoms with Gasteiger partial charge in [0.2, 0.25) is 0 Å². The minimum absolute atomic E-state index is 0.0760. The molecule has 1 aliphatic carbocycles. The highest BCUT2D eigenvalue weighted by molar-refractivity contribution is 7.99. The molecule has 7 heteroatoms. The van der Waals surface area contributed by atoms with Crippen LogP contribution in [0.4, 0.5) is 11.5 Å². The Labute approximate surface area is 125 Å². The molecule has 3 rings (SSSR count). The SMILES string of the molecule is Cc1c(N)nc(C2CC2)nc1Sc1ccccc1[N+](=O)[O-]. The van der Waals surface area contributed by atoms with Gasteiger partial charge in [-0.15, -0.1) is 0 Å². The quantitative estimate of drug-likeness (QED) is 0.529. The maximum Gasteiger partial charge on any atom is 0.283 e. The molecule has 1 aliphatic rings. The first-order valence-corrected chi connectivity index (χ1v) is 7.43. The lowest BCUT2D eigenvalue weighted by molar-refractivity contribution is -0.387. The average Bonchev–Trinajstić information content (AvgIpc) is 3.28. The number of nitrogen functional groups attached to an aromatic ring is 1. The molecule has 2 aromatic rings. The topological polar surface area (TPSA) is 94.9 Å². The van der Waals surface area contributed by atoms with Crippen LogP contribution in [-0.4, -0.2) is 14.9 Å². The van der Waals surface area contributed by atoms with Gasteiger partial charge in [-0.2, -0.15) is 0 Å². The minimum Gasteiger partial charge on any atom is -0.383 e. The van der Waals surface area contributed by atoms with Crippen molar-refractivity contribution < 1.29 is 4.92 Å². The van der Waals surface area contributed by atoms with Crippen LogP contribution in [0, 0.1) is 17.0 Å². The third-order valence-electron chi connectivity index (χ3n) is 3.37. The largest absolute Gasteiger partial charge is 0.383 e. The van der Waals surface area contributed by atoms with Crippen molar-refractivity contribution in [3.8, 4) is 0 Å². The van der Waals surface area contributed by atoms with Gasteiger partial charge in [0.1, 0.15) is 16.7 Å². The smallest absolute Gasteiger partial charge is 0.283 e. The second-order valence-corrected chi connectivity index (χ2v) is 6.03. The van der Waals surface area contributed by atoms with Crippen molar-refractivity contribution in [2.45, 2.75) is 35.6 Å². The number of anilines is 1. The van der Waals surface area contributed by atoms with E-state index < -0.39 is 0 Å². The lowest BCUT2D eigenvalue weighted by Crippen LogP contribution is -2.03. The van der Waals surface area contributed by atoms with Crippen molar-refractivity contribution in [3.63, 3.8) is 0 Å². The van der Waals surface area contributed by atoms with Crippen LogP contribution >= 0.6 is 11.8 Å². The minimum atomic E-state index is -0.385. The van der Waals surface area contributed by atoms with Crippen LogP contribution in [0.15, 0.2) is 34.2 Å². The number of nitrogens with two attached hydrogens (primary N) is 1. The van der Waals surface area contributed by atoms with Crippen LogP contribution in [-0.2, 0) is 0 Å². The number of hydrogen-bond acceptors (Lipinski definition) is 6. The normalized spacial score (nSPS) is 14.1. The lowest BCUT2D eigenvalue weighted by Gasteiger charge is -2.09. The summed E-state index contributed by atoms with van der Waals surface area (Å²) in [5.74, 6) is 1.59. The van der Waals surface area contributed by atoms with Gasteiger partial charge in [0, 0.05) is 17.5 Å². The summed E-state index contributed by atoms with van der Waals surface area (Å²) in [5, 5.41) is 11.8. The molecule has 2 N–H and O–H groups in total. The van der Waals surface area contributed by atoms with Crippen molar-refractivity contribution in [1.29, 1.82) is 0 Å². The number of rotatable bonds is 4. The fourth-order valence-electron chi connectivity index (χ4n) is 1.95. The highest BCUT2D eigenvalue weighted by Crippen LogP contribution is 2.41. The van der Waals surface area contributed by atoms with Crippen LogP contribution in [0.3, 0.4) is 0 Å². The monoisotopic (exact) mass is 302 g/mol. The first-order valence-electron chi connectivity index (χ1n) is 6.61. The zero-order valence-electron chi connectivity index (χ0n) is 11.4. The average molecular weight is 302 g/mol. The Morgan fingerprint density at radius 1 is 1.33 bits per heavy atom. The van der Waals surface area contributed by atoms with Crippen LogP contribution in [0.1, 0.15) is 30.1 Å². The zero-order chi connectivity index (χ0) is 15.0. The van der Waals surface area contributed by atoms with E-state index in [1.165, 1.54) is 17.8 Å². The van der Waals surface area contributed by atoms with Gasteiger partial charge in [-0.25, -0.2) is 9.97 Å². The molecule has 1 saturated carbocycles. The summed E-state index contributed by atoms with van der Waals surface area (Å²) < 4.78 is 0. The second-order valence-electron chi connectivity index (χ2n) is 5.00. The molecule has 0 spiro atoms. The van der Waals surface area contributed by atoms with Gasteiger partial charge in [-0.05, 0) is 25.8 Å². The van der Waals surface area contributed by atoms with Crippen LogP contribution in [0.2, 0.25) is 0 Å². The Morgan fingerprint density at radius 3 is 2.71 bits per heavy atom. The van der Waals surface area contributed by atoms with E-state index in [1.54, 1.807) is 18.2 Å². The van der Waals surface area contributed by atoms with Gasteiger partial charge >= 0.3 is 0 Å². The highest BCUT2D eigenvalue weighted by Gasteiger charge is 2.28. The van der Waals surface area contributed by atoms with E-state index in [2.05, 4.69) is 9.97 Å². The molecular formula is C14H14N4O2S. The number of para-hydroxylation sites is 1. The number of nitro groups is 1. The van der Waals surface area contributed by atoms with Gasteiger partial charge in [-0.3, -0.25) is 10.1 Å². The van der Waals surface area contributed by atoms with E-state index in [0.29, 0.717) is 21.7 Å². The maximum atomic E-state index is 11.1. The van der Waals surface area contributed by atoms with E-state index in [0.717, 1.165) is 24.2 Å². The van der Waals surface area contributed by atoms with Crippen molar-refractivity contribution in [2.75, 3.05) is 5.73 Å². The molecule has 0 amide bonds. The van der Waals surface area contributed by atoms with Crippen LogP contribution in [0.5, 0.6) is 0 Å². The number of benzene rings is 1. The molecule has 0 saturated heterocycles. The van der Waals surface area contributed by atoms with Crippen LogP contribution in [0.25, 0.3) is 0 Å². The molecule has 108 valence electrons. The summed E-state index contributed by atoms with van der Waals surface area (Å²) in [6.07, 6.45) is 2.16. The van der Waals surface area contributed by atoms with Crippen molar-refractivity contribution >= 4 is 23.3 Å². The molecule has 6 nitrogen and oxygen atoms in total. The Kier molecular flexibility index (Phi) is 3.50. The fourth-order valence-corrected chi connectivity index (χ4v) is 2.95. The Balaban J connectivity index is 2.00. The molecule has 21 heavy (non-hydrogen) atoms. The lowest BCUT2D eigenvalue weighted by atomic mass is 10.3. The summed E-state index contributed by atoms with van der Waals surface area (Å²) in [4.78, 5) is 20.1. The highest BCUT2D eigenvalue weighted by atomic mass is 32.2. The Hall–Kier alpha value is -2.15. The molecule has 1 heterocycles. The van der Waals surface area contributed by atoms with Crippen molar-refractivity contribution in [1.82, 2.24) is 9.97 Å². The van der Waals surface area contributed by atoms with Gasteiger partial charge in [0.15, 0.2) is 0 Å². The summed E-state index contributed by atoms with van der Waals surface area (Å²) in [7, 11) is 0. The molecule has 0 unspecified atom stereocenters. The third-order valence-corrected chi connectivity index (χ3v) is 4.52. The fraction of sp³-hybridized carbons (Fsp3) is 0.286. The molecule has 0 atom stereocenters. The number of nitro benzene ring substituents is 1. The second kappa shape index (κ2) is 5.33. The van der Waals surface area contributed by atoms with E-state index in [-0.39, 0.29) is 10.6 Å². The molecular weight excluding hydrogens is 288 g/mol. The molecule has 0 aliphatic heterocycles. The maximum absolute atomic E-state index is 11.1. The molecule has 0 bridgehead atoms. The molecule has 0 radical (unpaired) electrons. The van der Waals surface area contributed by atoms with Crippen molar-refractivity contribution in [2.24, 2.45) is 0 Å². The number of nitrogens with zero attached hydrogens (tertiary/aromatic N) is 3. The summed E-state index contributed by atoms with van der Waals surface area (Å²) in [6.45, 7) is 1.84. The predicted molar refractivity (Wildman–Crippen MR) is 80.4 cm³/mol. The first kappa shape index (κ1) is 13.8. The molecule has 1 fully saturated rings. The third kappa shape index (κ3) is 2.82. The number of hydrogen-bond donors (Lipinski definition) is 1. The van der Waals surface area contributed by atoms with E-state index in [9.17, 15) is 10.1 Å². The van der Waals surface area contributed by atoms with E-state index >= 15 is 0 Å². The van der Waals surface area contributed by atoms with Gasteiger partial charge in [0.05, 0.1) is 9.82 Å². The van der Waals surface area contributed by atoms with Crippen LogP contribution < -0.4 is 5.73 Å². The standard InChI is InChI=1S/C14H14N4O2S/c1-8-12(15)16-13(9-6-7-9)17-14(8)21-11-5-3-2-4-10(11)18(19)20/h2-5,9H,6-7H2,1H3,(H2,15,16,17). The van der Waals surface area contributed by atoms with E-state index in [1.807, 2.05) is 6.92 Å². The van der Waals surface area contributed by atoms with E-state index in [4.69, 9.17) is 5.73 Å². The van der Waals surface area contributed by atoms with Gasteiger partial charge in [-0.1, -0.05) is 23.9 Å². The molecule has 1 aromatic heterocycles. The Bertz CT molecular complexity index is 716. The molecule has 1 aromatic carbocycles. The zero-order valence-corrected chi connectivity index (χ0v) is 12.3. The van der Waals surface area contributed by atoms with Crippen molar-refractivity contribution in [3.05, 3.63) is 45.8 Å². The summed E-state index contributed by atoms with van der Waals surface area (Å²) >= 11 is 1.27.